The molecule has 2 aromatic carbocycles. The van der Waals surface area contributed by atoms with Crippen LogP contribution in [0.4, 0.5) is 5.69 Å². The number of imide groups is 1. The molecular weight excluding hydrogens is 518 g/mol. The zero-order valence-electron chi connectivity index (χ0n) is 21.3. The number of carbonyl (C=O) groups excluding carboxylic acids is 2. The van der Waals surface area contributed by atoms with Crippen molar-refractivity contribution in [3.63, 3.8) is 0 Å². The van der Waals surface area contributed by atoms with E-state index in [4.69, 9.17) is 25.8 Å². The summed E-state index contributed by atoms with van der Waals surface area (Å²) in [6.45, 7) is 6.13. The van der Waals surface area contributed by atoms with Gasteiger partial charge in [-0.2, -0.15) is 5.26 Å². The van der Waals surface area contributed by atoms with E-state index in [2.05, 4.69) is 17.6 Å². The molecule has 2 bridgehead atoms. The van der Waals surface area contributed by atoms with Crippen LogP contribution < -0.4 is 9.64 Å². The second-order valence-corrected chi connectivity index (χ2v) is 10.8. The number of anilines is 1. The van der Waals surface area contributed by atoms with Crippen molar-refractivity contribution >= 4 is 39.9 Å². The lowest BCUT2D eigenvalue weighted by atomic mass is 9.66. The molecule has 8 nitrogen and oxygen atoms in total. The summed E-state index contributed by atoms with van der Waals surface area (Å²) < 4.78 is 18.6. The fraction of sp³-hybridized carbons (Fsp3) is 0.333. The number of hydrogen-bond donors (Lipinski definition) is 0. The molecular formula is C30H26ClN3O5. The molecule has 3 aromatic rings. The van der Waals surface area contributed by atoms with Gasteiger partial charge in [-0.1, -0.05) is 41.9 Å². The molecule has 0 radical (unpaired) electrons. The predicted molar refractivity (Wildman–Crippen MR) is 144 cm³/mol. The molecule has 0 spiro atoms. The highest BCUT2D eigenvalue weighted by Crippen LogP contribution is 2.63. The molecule has 3 saturated heterocycles. The van der Waals surface area contributed by atoms with Crippen molar-refractivity contribution < 1.29 is 23.8 Å². The zero-order chi connectivity index (χ0) is 27.4. The van der Waals surface area contributed by atoms with Crippen LogP contribution in [0.15, 0.2) is 67.4 Å². The van der Waals surface area contributed by atoms with E-state index >= 15 is 0 Å². The Kier molecular flexibility index (Phi) is 6.18. The van der Waals surface area contributed by atoms with Crippen molar-refractivity contribution in [2.24, 2.45) is 11.8 Å². The monoisotopic (exact) mass is 543 g/mol. The maximum absolute atomic E-state index is 14.2. The van der Waals surface area contributed by atoms with Crippen LogP contribution in [0.3, 0.4) is 0 Å². The van der Waals surface area contributed by atoms with Gasteiger partial charge >= 0.3 is 0 Å². The zero-order valence-corrected chi connectivity index (χ0v) is 22.1. The van der Waals surface area contributed by atoms with Gasteiger partial charge in [0.15, 0.2) is 0 Å². The molecule has 2 amide bonds. The highest BCUT2D eigenvalue weighted by atomic mass is 35.5. The molecule has 6 rings (SSSR count). The number of halogens is 1. The van der Waals surface area contributed by atoms with E-state index in [9.17, 15) is 14.9 Å². The van der Waals surface area contributed by atoms with Crippen LogP contribution in [0, 0.1) is 23.2 Å². The number of rotatable bonds is 8. The van der Waals surface area contributed by atoms with E-state index < -0.39 is 29.1 Å². The Bertz CT molecular complexity index is 1540. The van der Waals surface area contributed by atoms with E-state index in [1.807, 2.05) is 31.2 Å². The normalized spacial score (nSPS) is 29.1. The number of aromatic nitrogens is 1. The van der Waals surface area contributed by atoms with Crippen LogP contribution >= 0.6 is 11.6 Å². The van der Waals surface area contributed by atoms with E-state index in [-0.39, 0.29) is 18.4 Å². The number of amides is 2. The Morgan fingerprint density at radius 2 is 1.95 bits per heavy atom. The first-order valence-corrected chi connectivity index (χ1v) is 13.2. The molecule has 9 heteroatoms. The number of nitriles is 1. The first-order valence-electron chi connectivity index (χ1n) is 12.8. The minimum Gasteiger partial charge on any atom is -0.478 e. The first-order chi connectivity index (χ1) is 18.8. The topological polar surface area (TPSA) is 102 Å². The van der Waals surface area contributed by atoms with Gasteiger partial charge in [0.2, 0.25) is 17.7 Å². The summed E-state index contributed by atoms with van der Waals surface area (Å²) in [6.07, 6.45) is 3.56. The fourth-order valence-electron chi connectivity index (χ4n) is 6.60. The standard InChI is InChI=1S/C30H26ClN3O5/c1-3-13-37-23-15-30(12-14-38-24-11-9-19(31)17-33-24)26-25(29(23,2)39-30)27(35)34(28(26)36)22-10-8-18(16-32)20-6-4-5-7-21(20)22/h3-11,17,23,25-26H,1,12-15H2,2H3. The number of nitrogens with zero attached hydrogens (tertiary/aromatic N) is 3. The molecule has 5 atom stereocenters. The summed E-state index contributed by atoms with van der Waals surface area (Å²) in [4.78, 5) is 33.7. The summed E-state index contributed by atoms with van der Waals surface area (Å²) in [7, 11) is 0. The van der Waals surface area contributed by atoms with Gasteiger partial charge in [0.25, 0.3) is 0 Å². The number of ether oxygens (including phenoxy) is 3. The number of hydrogen-bond acceptors (Lipinski definition) is 7. The van der Waals surface area contributed by atoms with Gasteiger partial charge in [0, 0.05) is 35.9 Å². The van der Waals surface area contributed by atoms with Crippen molar-refractivity contribution in [2.45, 2.75) is 37.1 Å². The summed E-state index contributed by atoms with van der Waals surface area (Å²) >= 11 is 5.93. The first kappa shape index (κ1) is 25.5. The number of pyridine rings is 1. The van der Waals surface area contributed by atoms with Crippen molar-refractivity contribution in [2.75, 3.05) is 18.1 Å². The second-order valence-electron chi connectivity index (χ2n) is 10.3. The van der Waals surface area contributed by atoms with Gasteiger partial charge in [0.05, 0.1) is 59.1 Å². The maximum Gasteiger partial charge on any atom is 0.240 e. The molecule has 0 aliphatic carbocycles. The van der Waals surface area contributed by atoms with Crippen LogP contribution in [-0.4, -0.2) is 47.3 Å². The fourth-order valence-corrected chi connectivity index (χ4v) is 6.71. The van der Waals surface area contributed by atoms with Crippen LogP contribution in [0.1, 0.15) is 25.3 Å². The molecule has 0 N–H and O–H groups in total. The van der Waals surface area contributed by atoms with Gasteiger partial charge < -0.3 is 14.2 Å². The van der Waals surface area contributed by atoms with E-state index in [0.717, 1.165) is 0 Å². The Hall–Kier alpha value is -3.77. The van der Waals surface area contributed by atoms with Crippen molar-refractivity contribution in [1.29, 1.82) is 5.26 Å². The predicted octanol–water partition coefficient (Wildman–Crippen LogP) is 4.84. The van der Waals surface area contributed by atoms with E-state index in [0.29, 0.717) is 52.4 Å². The summed E-state index contributed by atoms with van der Waals surface area (Å²) in [6, 6.07) is 16.2. The molecule has 5 unspecified atom stereocenters. The molecule has 3 aliphatic rings. The van der Waals surface area contributed by atoms with Crippen molar-refractivity contribution in [3.05, 3.63) is 78.0 Å². The number of carbonyl (C=O) groups is 2. The molecule has 3 aliphatic heterocycles. The molecule has 1 aromatic heterocycles. The van der Waals surface area contributed by atoms with Gasteiger partial charge in [-0.15, -0.1) is 6.58 Å². The molecule has 0 saturated carbocycles. The summed E-state index contributed by atoms with van der Waals surface area (Å²) in [5.74, 6) is -1.65. The Morgan fingerprint density at radius 1 is 1.18 bits per heavy atom. The minimum absolute atomic E-state index is 0.226. The van der Waals surface area contributed by atoms with Crippen LogP contribution in [0.5, 0.6) is 5.88 Å². The summed E-state index contributed by atoms with van der Waals surface area (Å²) in [5.41, 5.74) is -1.01. The highest BCUT2D eigenvalue weighted by molar-refractivity contribution is 6.30. The lowest BCUT2D eigenvalue weighted by Gasteiger charge is -2.35. The third-order valence-corrected chi connectivity index (χ3v) is 8.46. The van der Waals surface area contributed by atoms with Crippen LogP contribution in [0.25, 0.3) is 10.8 Å². The number of benzene rings is 2. The van der Waals surface area contributed by atoms with Gasteiger partial charge in [-0.25, -0.2) is 9.88 Å². The van der Waals surface area contributed by atoms with E-state index in [1.165, 1.54) is 11.1 Å². The lowest BCUT2D eigenvalue weighted by Crippen LogP contribution is -2.50. The molecule has 39 heavy (non-hydrogen) atoms. The van der Waals surface area contributed by atoms with Gasteiger partial charge in [-0.3, -0.25) is 9.59 Å². The quantitative estimate of drug-likeness (QED) is 0.296. The summed E-state index contributed by atoms with van der Waals surface area (Å²) in [5, 5.41) is 11.5. The smallest absolute Gasteiger partial charge is 0.240 e. The van der Waals surface area contributed by atoms with E-state index in [1.54, 1.807) is 30.3 Å². The minimum atomic E-state index is -1.00. The average molecular weight is 544 g/mol. The average Bonchev–Trinajstić information content (AvgIpc) is 3.49. The van der Waals surface area contributed by atoms with Crippen LogP contribution in [-0.2, 0) is 19.1 Å². The van der Waals surface area contributed by atoms with Gasteiger partial charge in [-0.05, 0) is 25.1 Å². The van der Waals surface area contributed by atoms with Crippen LogP contribution in [0.2, 0.25) is 5.02 Å². The largest absolute Gasteiger partial charge is 0.478 e. The third-order valence-electron chi connectivity index (χ3n) is 8.24. The third kappa shape index (κ3) is 3.84. The SMILES string of the molecule is C=CCOC1CC2(CCOc3ccc(Cl)cn3)OC1(C)C1C(=O)N(c3ccc(C#N)c4ccccc34)C(=O)C12. The van der Waals surface area contributed by atoms with Gasteiger partial charge in [0.1, 0.15) is 5.60 Å². The molecule has 3 fully saturated rings. The maximum atomic E-state index is 14.2. The second kappa shape index (κ2) is 9.45. The molecule has 198 valence electrons. The van der Waals surface area contributed by atoms with Crippen molar-refractivity contribution in [1.82, 2.24) is 4.98 Å². The molecule has 4 heterocycles. The highest BCUT2D eigenvalue weighted by Gasteiger charge is 2.77. The lowest BCUT2D eigenvalue weighted by molar-refractivity contribution is -0.136. The Morgan fingerprint density at radius 3 is 2.67 bits per heavy atom. The Balaban J connectivity index is 1.37. The van der Waals surface area contributed by atoms with Crippen molar-refractivity contribution in [3.8, 4) is 11.9 Å². The Labute approximate surface area is 230 Å². The number of fused-ring (bicyclic) bond motifs is 6.